The summed E-state index contributed by atoms with van der Waals surface area (Å²) in [6, 6.07) is 0.247. The number of hydrogen-bond donors (Lipinski definition) is 0. The van der Waals surface area contributed by atoms with E-state index in [-0.39, 0.29) is 23.9 Å². The van der Waals surface area contributed by atoms with E-state index in [1.807, 2.05) is 22.0 Å². The highest BCUT2D eigenvalue weighted by atomic mass is 16.2. The third kappa shape index (κ3) is 4.34. The van der Waals surface area contributed by atoms with Crippen LogP contribution in [0, 0.1) is 0 Å². The second-order valence-corrected chi connectivity index (χ2v) is 6.52. The molecule has 4 nitrogen and oxygen atoms in total. The van der Waals surface area contributed by atoms with Crippen molar-refractivity contribution in [2.24, 2.45) is 0 Å². The maximum atomic E-state index is 12.8. The number of nitrogens with zero attached hydrogens (tertiary/aromatic N) is 2. The Morgan fingerprint density at radius 2 is 2.09 bits per heavy atom. The summed E-state index contributed by atoms with van der Waals surface area (Å²) in [5.74, 6) is 0.310. The fourth-order valence-corrected chi connectivity index (χ4v) is 3.65. The van der Waals surface area contributed by atoms with E-state index in [4.69, 9.17) is 0 Å². The minimum Gasteiger partial charge on any atom is -0.342 e. The molecule has 0 spiro atoms. The molecule has 2 aliphatic rings. The molecule has 0 aromatic rings. The topological polar surface area (TPSA) is 40.6 Å². The van der Waals surface area contributed by atoms with Crippen molar-refractivity contribution in [2.45, 2.75) is 57.5 Å². The number of carbonyl (C=O) groups excluding carboxylic acids is 2. The van der Waals surface area contributed by atoms with Gasteiger partial charge >= 0.3 is 0 Å². The van der Waals surface area contributed by atoms with Crippen molar-refractivity contribution in [1.29, 1.82) is 0 Å². The van der Waals surface area contributed by atoms with Crippen molar-refractivity contribution in [3.05, 3.63) is 37.0 Å². The molecule has 0 N–H and O–H groups in total. The van der Waals surface area contributed by atoms with Gasteiger partial charge in [-0.15, -0.1) is 13.2 Å². The zero-order valence-corrected chi connectivity index (χ0v) is 14.2. The van der Waals surface area contributed by atoms with Crippen LogP contribution in [0.1, 0.15) is 45.4 Å². The van der Waals surface area contributed by atoms with Gasteiger partial charge in [0.2, 0.25) is 11.8 Å². The molecule has 0 aromatic carbocycles. The monoisotopic (exact) mass is 316 g/mol. The van der Waals surface area contributed by atoms with Crippen LogP contribution < -0.4 is 0 Å². The molecule has 23 heavy (non-hydrogen) atoms. The van der Waals surface area contributed by atoms with Crippen molar-refractivity contribution >= 4 is 11.8 Å². The summed E-state index contributed by atoms with van der Waals surface area (Å²) in [6.07, 6.45) is 10.3. The molecule has 0 bridgehead atoms. The Morgan fingerprint density at radius 1 is 1.35 bits per heavy atom. The molecular formula is C19H28N2O2. The Balaban J connectivity index is 2.06. The van der Waals surface area contributed by atoms with Crippen LogP contribution >= 0.6 is 0 Å². The standard InChI is InChI=1S/C19H28N2O2/c1-4-7-16-13-15(3)14-17(8-5-2)21(16)19(23)10-12-20-11-6-9-18(20)22/h4-5,13,16-17H,1-2,6-12,14H2,3H3/t16-,17-/m1/s1. The third-order valence-corrected chi connectivity index (χ3v) is 4.69. The lowest BCUT2D eigenvalue weighted by Gasteiger charge is -2.40. The Hall–Kier alpha value is -1.84. The van der Waals surface area contributed by atoms with Gasteiger partial charge in [-0.3, -0.25) is 9.59 Å². The van der Waals surface area contributed by atoms with Gasteiger partial charge in [0, 0.05) is 32.0 Å². The first-order valence-electron chi connectivity index (χ1n) is 8.54. The first kappa shape index (κ1) is 17.5. The first-order chi connectivity index (χ1) is 11.1. The maximum absolute atomic E-state index is 12.8. The van der Waals surface area contributed by atoms with Crippen LogP contribution in [-0.2, 0) is 9.59 Å². The van der Waals surface area contributed by atoms with Crippen LogP contribution in [0.2, 0.25) is 0 Å². The third-order valence-electron chi connectivity index (χ3n) is 4.69. The zero-order chi connectivity index (χ0) is 16.8. The molecule has 2 atom stereocenters. The van der Waals surface area contributed by atoms with E-state index in [1.165, 1.54) is 5.57 Å². The van der Waals surface area contributed by atoms with Crippen LogP contribution in [0.15, 0.2) is 37.0 Å². The predicted octanol–water partition coefficient (Wildman–Crippen LogP) is 3.07. The summed E-state index contributed by atoms with van der Waals surface area (Å²) < 4.78 is 0. The maximum Gasteiger partial charge on any atom is 0.225 e. The van der Waals surface area contributed by atoms with Gasteiger partial charge in [-0.05, 0) is 32.6 Å². The molecule has 0 radical (unpaired) electrons. The van der Waals surface area contributed by atoms with E-state index in [0.29, 0.717) is 19.4 Å². The van der Waals surface area contributed by atoms with Crippen LogP contribution in [0.5, 0.6) is 0 Å². The average Bonchev–Trinajstić information content (AvgIpc) is 2.90. The average molecular weight is 316 g/mol. The van der Waals surface area contributed by atoms with Crippen molar-refractivity contribution in [1.82, 2.24) is 9.80 Å². The molecule has 1 saturated heterocycles. The van der Waals surface area contributed by atoms with Gasteiger partial charge in [0.1, 0.15) is 0 Å². The Morgan fingerprint density at radius 3 is 2.70 bits per heavy atom. The number of carbonyl (C=O) groups is 2. The largest absolute Gasteiger partial charge is 0.342 e. The van der Waals surface area contributed by atoms with Gasteiger partial charge < -0.3 is 9.80 Å². The lowest BCUT2D eigenvalue weighted by molar-refractivity contribution is -0.136. The molecule has 2 rings (SSSR count). The highest BCUT2D eigenvalue weighted by Gasteiger charge is 2.32. The van der Waals surface area contributed by atoms with Gasteiger partial charge in [-0.25, -0.2) is 0 Å². The fraction of sp³-hybridized carbons (Fsp3) is 0.579. The lowest BCUT2D eigenvalue weighted by atomic mass is 9.92. The lowest BCUT2D eigenvalue weighted by Crippen LogP contribution is -2.49. The molecule has 4 heteroatoms. The van der Waals surface area contributed by atoms with Gasteiger partial charge in [-0.2, -0.15) is 0 Å². The zero-order valence-electron chi connectivity index (χ0n) is 14.2. The number of likely N-dealkylation sites (tertiary alicyclic amines) is 1. The quantitative estimate of drug-likeness (QED) is 0.677. The second-order valence-electron chi connectivity index (χ2n) is 6.52. The molecule has 0 unspecified atom stereocenters. The summed E-state index contributed by atoms with van der Waals surface area (Å²) in [7, 11) is 0. The second kappa shape index (κ2) is 8.14. The van der Waals surface area contributed by atoms with E-state index in [9.17, 15) is 9.59 Å². The number of amides is 2. The molecule has 0 saturated carbocycles. The molecule has 1 fully saturated rings. The Bertz CT molecular complexity index is 509. The molecule has 0 aliphatic carbocycles. The van der Waals surface area contributed by atoms with Crippen LogP contribution in [0.4, 0.5) is 0 Å². The molecule has 2 heterocycles. The van der Waals surface area contributed by atoms with E-state index >= 15 is 0 Å². The predicted molar refractivity (Wildman–Crippen MR) is 92.9 cm³/mol. The molecule has 126 valence electrons. The summed E-state index contributed by atoms with van der Waals surface area (Å²) in [4.78, 5) is 28.3. The number of hydrogen-bond acceptors (Lipinski definition) is 2. The van der Waals surface area contributed by atoms with Gasteiger partial charge in [0.15, 0.2) is 0 Å². The smallest absolute Gasteiger partial charge is 0.225 e. The molecule has 2 amide bonds. The van der Waals surface area contributed by atoms with E-state index in [0.717, 1.165) is 32.2 Å². The van der Waals surface area contributed by atoms with Crippen molar-refractivity contribution in [3.8, 4) is 0 Å². The van der Waals surface area contributed by atoms with Gasteiger partial charge in [-0.1, -0.05) is 23.8 Å². The van der Waals surface area contributed by atoms with Crippen molar-refractivity contribution in [2.75, 3.05) is 13.1 Å². The fourth-order valence-electron chi connectivity index (χ4n) is 3.65. The van der Waals surface area contributed by atoms with Gasteiger partial charge in [0.05, 0.1) is 6.04 Å². The molecule has 0 aromatic heterocycles. The van der Waals surface area contributed by atoms with E-state index < -0.39 is 0 Å². The summed E-state index contributed by atoms with van der Waals surface area (Å²) >= 11 is 0. The highest BCUT2D eigenvalue weighted by molar-refractivity contribution is 5.81. The minimum atomic E-state index is 0.0768. The van der Waals surface area contributed by atoms with Crippen LogP contribution in [0.25, 0.3) is 0 Å². The highest BCUT2D eigenvalue weighted by Crippen LogP contribution is 2.27. The van der Waals surface area contributed by atoms with Crippen molar-refractivity contribution in [3.63, 3.8) is 0 Å². The van der Waals surface area contributed by atoms with E-state index in [1.54, 1.807) is 0 Å². The normalized spacial score (nSPS) is 24.6. The summed E-state index contributed by atoms with van der Waals surface area (Å²) in [5, 5.41) is 0. The van der Waals surface area contributed by atoms with Crippen LogP contribution in [-0.4, -0.2) is 46.8 Å². The SMILES string of the molecule is C=CC[C@@H]1CC(C)=C[C@@H](CC=C)N1C(=O)CCN1CCCC1=O. The van der Waals surface area contributed by atoms with Gasteiger partial charge in [0.25, 0.3) is 0 Å². The summed E-state index contributed by atoms with van der Waals surface area (Å²) in [6.45, 7) is 11.1. The number of rotatable bonds is 7. The van der Waals surface area contributed by atoms with E-state index in [2.05, 4.69) is 26.2 Å². The minimum absolute atomic E-state index is 0.0768. The molecular weight excluding hydrogens is 288 g/mol. The van der Waals surface area contributed by atoms with Crippen LogP contribution in [0.3, 0.4) is 0 Å². The van der Waals surface area contributed by atoms with Crippen molar-refractivity contribution < 1.29 is 9.59 Å². The molecule has 2 aliphatic heterocycles. The first-order valence-corrected chi connectivity index (χ1v) is 8.54. The Labute approximate surface area is 139 Å². The summed E-state index contributed by atoms with van der Waals surface area (Å²) in [5.41, 5.74) is 1.32. The Kier molecular flexibility index (Phi) is 6.20.